The second-order valence-corrected chi connectivity index (χ2v) is 11.2. The van der Waals surface area contributed by atoms with Crippen LogP contribution in [0.15, 0.2) is 42.5 Å². The molecule has 2 aromatic rings. The number of benzene rings is 2. The number of hydrogen-bond acceptors (Lipinski definition) is 4. The summed E-state index contributed by atoms with van der Waals surface area (Å²) in [5.74, 6) is -0.762. The maximum absolute atomic E-state index is 13.7. The van der Waals surface area contributed by atoms with Crippen molar-refractivity contribution in [3.05, 3.63) is 64.2 Å². The molecule has 0 radical (unpaired) electrons. The van der Waals surface area contributed by atoms with Gasteiger partial charge in [0.15, 0.2) is 0 Å². The van der Waals surface area contributed by atoms with Crippen molar-refractivity contribution in [1.82, 2.24) is 10.2 Å². The Morgan fingerprint density at radius 3 is 2.29 bits per heavy atom. The van der Waals surface area contributed by atoms with Gasteiger partial charge in [0, 0.05) is 17.6 Å². The highest BCUT2D eigenvalue weighted by Crippen LogP contribution is 2.25. The fourth-order valence-corrected chi connectivity index (χ4v) is 4.85. The summed E-state index contributed by atoms with van der Waals surface area (Å²) in [4.78, 5) is 28.3. The Labute approximate surface area is 214 Å². The van der Waals surface area contributed by atoms with Crippen LogP contribution in [0, 0.1) is 13.8 Å². The predicted molar refractivity (Wildman–Crippen MR) is 142 cm³/mol. The molecule has 0 saturated heterocycles. The number of amides is 2. The van der Waals surface area contributed by atoms with Crippen LogP contribution in [0.4, 0.5) is 5.69 Å². The second kappa shape index (κ2) is 12.4. The summed E-state index contributed by atoms with van der Waals surface area (Å²) in [5, 5.41) is 3.42. The fraction of sp³-hybridized carbons (Fsp3) is 0.462. The van der Waals surface area contributed by atoms with Gasteiger partial charge in [-0.15, -0.1) is 0 Å². The molecule has 2 atom stereocenters. The summed E-state index contributed by atoms with van der Waals surface area (Å²) in [7, 11) is -3.78. The number of anilines is 1. The molecule has 0 aliphatic rings. The van der Waals surface area contributed by atoms with Crippen LogP contribution in [0.25, 0.3) is 0 Å². The van der Waals surface area contributed by atoms with Gasteiger partial charge >= 0.3 is 0 Å². The third-order valence-corrected chi connectivity index (χ3v) is 7.49. The van der Waals surface area contributed by atoms with Crippen LogP contribution in [-0.4, -0.2) is 50.0 Å². The molecule has 0 saturated carbocycles. The normalized spacial score (nSPS) is 13.1. The summed E-state index contributed by atoms with van der Waals surface area (Å²) in [6, 6.07) is 11.7. The van der Waals surface area contributed by atoms with Crippen molar-refractivity contribution in [2.45, 2.75) is 66.1 Å². The first kappa shape index (κ1) is 28.7. The van der Waals surface area contributed by atoms with Crippen molar-refractivity contribution < 1.29 is 18.0 Å². The third-order valence-electron chi connectivity index (χ3n) is 6.00. The van der Waals surface area contributed by atoms with Crippen LogP contribution in [0.1, 0.15) is 50.3 Å². The predicted octanol–water partition coefficient (Wildman–Crippen LogP) is 4.44. The maximum Gasteiger partial charge on any atom is 0.244 e. The summed E-state index contributed by atoms with van der Waals surface area (Å²) in [6.45, 7) is 9.00. The SMILES string of the molecule is CC[C@@H](C)NC(=O)[C@@H](CC)N(Cc1ccccc1Cl)C(=O)CN(c1cc(C)ccc1C)S(C)(=O)=O. The number of hydrogen-bond donors (Lipinski definition) is 1. The molecule has 35 heavy (non-hydrogen) atoms. The van der Waals surface area contributed by atoms with E-state index in [4.69, 9.17) is 11.6 Å². The molecule has 2 rings (SSSR count). The Hall–Kier alpha value is -2.58. The minimum Gasteiger partial charge on any atom is -0.352 e. The summed E-state index contributed by atoms with van der Waals surface area (Å²) < 4.78 is 26.7. The Bertz CT molecular complexity index is 1150. The molecule has 2 aromatic carbocycles. The van der Waals surface area contributed by atoms with Gasteiger partial charge in [-0.25, -0.2) is 8.42 Å². The Balaban J connectivity index is 2.50. The zero-order valence-corrected chi connectivity index (χ0v) is 22.9. The minimum atomic E-state index is -3.78. The molecule has 0 unspecified atom stereocenters. The molecule has 7 nitrogen and oxygen atoms in total. The fourth-order valence-electron chi connectivity index (χ4n) is 3.75. The molecule has 0 aliphatic heterocycles. The lowest BCUT2D eigenvalue weighted by molar-refractivity contribution is -0.140. The largest absolute Gasteiger partial charge is 0.352 e. The van der Waals surface area contributed by atoms with Gasteiger partial charge in [0.05, 0.1) is 11.9 Å². The Morgan fingerprint density at radius 2 is 1.71 bits per heavy atom. The van der Waals surface area contributed by atoms with Crippen LogP contribution >= 0.6 is 11.6 Å². The first-order valence-corrected chi connectivity index (χ1v) is 14.0. The number of nitrogens with zero attached hydrogens (tertiary/aromatic N) is 2. The van der Waals surface area contributed by atoms with Crippen molar-refractivity contribution in [2.24, 2.45) is 0 Å². The van der Waals surface area contributed by atoms with E-state index >= 15 is 0 Å². The van der Waals surface area contributed by atoms with E-state index in [-0.39, 0.29) is 18.5 Å². The Kier molecular flexibility index (Phi) is 10.2. The van der Waals surface area contributed by atoms with E-state index in [0.29, 0.717) is 22.7 Å². The van der Waals surface area contributed by atoms with Crippen molar-refractivity contribution in [3.63, 3.8) is 0 Å². The highest BCUT2D eigenvalue weighted by Gasteiger charge is 2.32. The molecule has 1 N–H and O–H groups in total. The molecular weight excluding hydrogens is 486 g/mol. The third kappa shape index (κ3) is 7.70. The number of rotatable bonds is 11. The van der Waals surface area contributed by atoms with Crippen molar-refractivity contribution in [3.8, 4) is 0 Å². The van der Waals surface area contributed by atoms with Gasteiger partial charge in [-0.3, -0.25) is 13.9 Å². The second-order valence-electron chi connectivity index (χ2n) is 8.91. The molecule has 0 heterocycles. The lowest BCUT2D eigenvalue weighted by atomic mass is 10.1. The number of sulfonamides is 1. The van der Waals surface area contributed by atoms with Gasteiger partial charge in [-0.05, 0) is 62.4 Å². The van der Waals surface area contributed by atoms with Gasteiger partial charge < -0.3 is 10.2 Å². The molecule has 0 bridgehead atoms. The number of nitrogens with one attached hydrogen (secondary N) is 1. The number of halogens is 1. The van der Waals surface area contributed by atoms with Gasteiger partial charge in [0.25, 0.3) is 0 Å². The summed E-state index contributed by atoms with van der Waals surface area (Å²) >= 11 is 6.37. The van der Waals surface area contributed by atoms with E-state index in [9.17, 15) is 18.0 Å². The lowest BCUT2D eigenvalue weighted by Crippen LogP contribution is -2.53. The standard InChI is InChI=1S/C26H36ClN3O4S/c1-7-20(5)28-26(32)23(8-2)29(16-21-11-9-10-12-22(21)27)25(31)17-30(35(6,33)34)24-15-18(3)13-14-19(24)4/h9-15,20,23H,7-8,16-17H2,1-6H3,(H,28,32)/t20-,23-/m1/s1. The quantitative estimate of drug-likeness (QED) is 0.473. The molecule has 2 amide bonds. The Morgan fingerprint density at radius 1 is 1.06 bits per heavy atom. The topological polar surface area (TPSA) is 86.8 Å². The smallest absolute Gasteiger partial charge is 0.244 e. The number of carbonyl (C=O) groups excluding carboxylic acids is 2. The molecule has 0 aliphatic carbocycles. The zero-order chi connectivity index (χ0) is 26.3. The highest BCUT2D eigenvalue weighted by atomic mass is 35.5. The number of aryl methyl sites for hydroxylation is 2. The van der Waals surface area contributed by atoms with Gasteiger partial charge in [-0.2, -0.15) is 0 Å². The van der Waals surface area contributed by atoms with Crippen LogP contribution in [0.5, 0.6) is 0 Å². The number of carbonyl (C=O) groups is 2. The molecular formula is C26H36ClN3O4S. The summed E-state index contributed by atoms with van der Waals surface area (Å²) in [5.41, 5.74) is 2.72. The van der Waals surface area contributed by atoms with Crippen LogP contribution in [-0.2, 0) is 26.2 Å². The van der Waals surface area contributed by atoms with E-state index in [1.54, 1.807) is 31.2 Å². The molecule has 192 valence electrons. The van der Waals surface area contributed by atoms with Crippen molar-refractivity contribution in [2.75, 3.05) is 17.1 Å². The van der Waals surface area contributed by atoms with Crippen molar-refractivity contribution >= 4 is 39.1 Å². The maximum atomic E-state index is 13.7. The first-order valence-electron chi connectivity index (χ1n) is 11.8. The van der Waals surface area contributed by atoms with Crippen LogP contribution < -0.4 is 9.62 Å². The van der Waals surface area contributed by atoms with Crippen LogP contribution in [0.2, 0.25) is 5.02 Å². The summed E-state index contributed by atoms with van der Waals surface area (Å²) in [6.07, 6.45) is 2.18. The molecule has 0 aromatic heterocycles. The zero-order valence-electron chi connectivity index (χ0n) is 21.3. The van der Waals surface area contributed by atoms with E-state index in [1.165, 1.54) is 4.90 Å². The molecule has 0 spiro atoms. The van der Waals surface area contributed by atoms with E-state index in [2.05, 4.69) is 5.32 Å². The first-order chi connectivity index (χ1) is 16.4. The van der Waals surface area contributed by atoms with E-state index in [0.717, 1.165) is 28.1 Å². The van der Waals surface area contributed by atoms with Crippen molar-refractivity contribution in [1.29, 1.82) is 0 Å². The monoisotopic (exact) mass is 521 g/mol. The van der Waals surface area contributed by atoms with Gasteiger partial charge in [0.1, 0.15) is 12.6 Å². The van der Waals surface area contributed by atoms with E-state index in [1.807, 2.05) is 45.9 Å². The lowest BCUT2D eigenvalue weighted by Gasteiger charge is -2.34. The highest BCUT2D eigenvalue weighted by molar-refractivity contribution is 7.92. The average molecular weight is 522 g/mol. The van der Waals surface area contributed by atoms with Gasteiger partial charge in [0.2, 0.25) is 21.8 Å². The minimum absolute atomic E-state index is 0.0590. The van der Waals surface area contributed by atoms with Gasteiger partial charge in [-0.1, -0.05) is 55.8 Å². The molecule has 9 heteroatoms. The van der Waals surface area contributed by atoms with Crippen LogP contribution in [0.3, 0.4) is 0 Å². The van der Waals surface area contributed by atoms with E-state index < -0.39 is 28.5 Å². The molecule has 0 fully saturated rings. The average Bonchev–Trinajstić information content (AvgIpc) is 2.79.